The SMILES string of the molecule is CCCCCCCCCCCCCc1ccc(OCCCCOC(=O)CC[N+](C)(C)Cc2ccccc2)cc1. The maximum atomic E-state index is 12.2. The fraction of sp³-hybridized carbons (Fsp3) is 0.629. The van der Waals surface area contributed by atoms with Gasteiger partial charge in [-0.05, 0) is 43.4 Å². The molecule has 4 nitrogen and oxygen atoms in total. The molecule has 0 aliphatic heterocycles. The van der Waals surface area contributed by atoms with Crippen LogP contribution in [0.3, 0.4) is 0 Å². The summed E-state index contributed by atoms with van der Waals surface area (Å²) in [5.41, 5.74) is 2.69. The molecule has 0 saturated carbocycles. The Labute approximate surface area is 239 Å². The number of carbonyl (C=O) groups excluding carboxylic acids is 1. The number of hydrogen-bond donors (Lipinski definition) is 0. The molecule has 0 saturated heterocycles. The zero-order chi connectivity index (χ0) is 28.0. The molecule has 0 N–H and O–H groups in total. The van der Waals surface area contributed by atoms with Crippen molar-refractivity contribution in [1.29, 1.82) is 0 Å². The first-order valence-corrected chi connectivity index (χ1v) is 15.7. The molecule has 0 bridgehead atoms. The van der Waals surface area contributed by atoms with Gasteiger partial charge in [-0.1, -0.05) is 114 Å². The van der Waals surface area contributed by atoms with Gasteiger partial charge in [-0.15, -0.1) is 0 Å². The maximum Gasteiger partial charge on any atom is 0.311 e. The van der Waals surface area contributed by atoms with Crippen LogP contribution >= 0.6 is 0 Å². The van der Waals surface area contributed by atoms with Crippen LogP contribution in [0, 0.1) is 0 Å². The minimum absolute atomic E-state index is 0.108. The van der Waals surface area contributed by atoms with E-state index in [1.807, 2.05) is 6.07 Å². The van der Waals surface area contributed by atoms with Crippen LogP contribution in [0.4, 0.5) is 0 Å². The molecule has 0 amide bonds. The zero-order valence-corrected chi connectivity index (χ0v) is 25.3. The summed E-state index contributed by atoms with van der Waals surface area (Å²) in [6, 6.07) is 19.0. The smallest absolute Gasteiger partial charge is 0.311 e. The number of esters is 1. The van der Waals surface area contributed by atoms with Gasteiger partial charge in [-0.3, -0.25) is 4.79 Å². The first kappa shape index (κ1) is 32.9. The molecule has 2 aromatic carbocycles. The third kappa shape index (κ3) is 17.1. The monoisotopic (exact) mass is 538 g/mol. The van der Waals surface area contributed by atoms with Crippen molar-refractivity contribution in [3.63, 3.8) is 0 Å². The molecule has 0 aliphatic carbocycles. The molecule has 0 spiro atoms. The predicted molar refractivity (Wildman–Crippen MR) is 164 cm³/mol. The van der Waals surface area contributed by atoms with Crippen molar-refractivity contribution in [1.82, 2.24) is 0 Å². The summed E-state index contributed by atoms with van der Waals surface area (Å²) in [6.45, 7) is 5.07. The Kier molecular flexibility index (Phi) is 17.3. The standard InChI is InChI=1S/C35H56NO3/c1-4-5-6-7-8-9-10-11-12-13-15-20-32-23-25-34(26-24-32)38-29-18-19-30-39-35(37)27-28-36(2,3)31-33-21-16-14-17-22-33/h14,16-17,21-26H,4-13,15,18-20,27-31H2,1-3H3/q+1. The summed E-state index contributed by atoms with van der Waals surface area (Å²) in [7, 11) is 4.31. The molecule has 0 fully saturated rings. The number of nitrogens with zero attached hydrogens (tertiary/aromatic N) is 1. The highest BCUT2D eigenvalue weighted by Gasteiger charge is 2.18. The quantitative estimate of drug-likeness (QED) is 0.0805. The molecule has 0 heterocycles. The summed E-state index contributed by atoms with van der Waals surface area (Å²) < 4.78 is 12.1. The highest BCUT2D eigenvalue weighted by atomic mass is 16.5. The second kappa shape index (κ2) is 20.6. The number of quaternary nitrogens is 1. The van der Waals surface area contributed by atoms with Crippen LogP contribution in [0.15, 0.2) is 54.6 Å². The normalized spacial score (nSPS) is 11.5. The Morgan fingerprint density at radius 3 is 1.90 bits per heavy atom. The van der Waals surface area contributed by atoms with Crippen molar-refractivity contribution in [3.8, 4) is 5.75 Å². The number of aryl methyl sites for hydroxylation is 1. The lowest BCUT2D eigenvalue weighted by Gasteiger charge is -2.29. The first-order valence-electron chi connectivity index (χ1n) is 15.7. The molecule has 0 aliphatic rings. The topological polar surface area (TPSA) is 35.5 Å². The second-order valence-corrected chi connectivity index (χ2v) is 11.8. The molecule has 218 valence electrons. The molecular weight excluding hydrogens is 482 g/mol. The van der Waals surface area contributed by atoms with Gasteiger partial charge in [0, 0.05) is 5.56 Å². The molecule has 0 unspecified atom stereocenters. The number of unbranched alkanes of at least 4 members (excludes halogenated alkanes) is 11. The van der Waals surface area contributed by atoms with E-state index in [1.165, 1.54) is 81.8 Å². The van der Waals surface area contributed by atoms with Gasteiger partial charge in [0.05, 0.1) is 40.3 Å². The number of ether oxygens (including phenoxy) is 2. The highest BCUT2D eigenvalue weighted by Crippen LogP contribution is 2.16. The minimum Gasteiger partial charge on any atom is -0.494 e. The van der Waals surface area contributed by atoms with Crippen molar-refractivity contribution in [2.75, 3.05) is 33.9 Å². The van der Waals surface area contributed by atoms with Gasteiger partial charge < -0.3 is 14.0 Å². The van der Waals surface area contributed by atoms with Crippen molar-refractivity contribution in [3.05, 3.63) is 65.7 Å². The van der Waals surface area contributed by atoms with Gasteiger partial charge in [0.2, 0.25) is 0 Å². The van der Waals surface area contributed by atoms with E-state index in [1.54, 1.807) is 0 Å². The Bertz CT molecular complexity index is 863. The lowest BCUT2D eigenvalue weighted by molar-refractivity contribution is -0.903. The molecule has 2 rings (SSSR count). The van der Waals surface area contributed by atoms with Crippen LogP contribution in [-0.4, -0.2) is 44.3 Å². The molecular formula is C35H56NO3+. The second-order valence-electron chi connectivity index (χ2n) is 11.8. The summed E-state index contributed by atoms with van der Waals surface area (Å²) in [6.07, 6.45) is 18.5. The van der Waals surface area contributed by atoms with Crippen LogP contribution in [0.2, 0.25) is 0 Å². The molecule has 39 heavy (non-hydrogen) atoms. The van der Waals surface area contributed by atoms with E-state index in [0.29, 0.717) is 19.6 Å². The number of rotatable bonds is 23. The minimum atomic E-state index is -0.108. The summed E-state index contributed by atoms with van der Waals surface area (Å²) in [5.74, 6) is 0.816. The average Bonchev–Trinajstić information content (AvgIpc) is 2.93. The Morgan fingerprint density at radius 1 is 0.667 bits per heavy atom. The van der Waals surface area contributed by atoms with Gasteiger partial charge >= 0.3 is 5.97 Å². The van der Waals surface area contributed by atoms with E-state index in [-0.39, 0.29) is 5.97 Å². The summed E-state index contributed by atoms with van der Waals surface area (Å²) >= 11 is 0. The van der Waals surface area contributed by atoms with E-state index >= 15 is 0 Å². The van der Waals surface area contributed by atoms with Gasteiger partial charge in [0.25, 0.3) is 0 Å². The van der Waals surface area contributed by atoms with E-state index in [4.69, 9.17) is 9.47 Å². The number of carbonyl (C=O) groups is 1. The van der Waals surface area contributed by atoms with E-state index in [0.717, 1.165) is 42.6 Å². The Morgan fingerprint density at radius 2 is 1.26 bits per heavy atom. The van der Waals surface area contributed by atoms with Crippen molar-refractivity contribution < 1.29 is 18.8 Å². The van der Waals surface area contributed by atoms with Crippen molar-refractivity contribution in [2.24, 2.45) is 0 Å². The Balaban J connectivity index is 1.43. The van der Waals surface area contributed by atoms with E-state index < -0.39 is 0 Å². The van der Waals surface area contributed by atoms with Crippen molar-refractivity contribution in [2.45, 2.75) is 110 Å². The van der Waals surface area contributed by atoms with Gasteiger partial charge in [0.1, 0.15) is 12.3 Å². The van der Waals surface area contributed by atoms with Gasteiger partial charge in [0.15, 0.2) is 0 Å². The summed E-state index contributed by atoms with van der Waals surface area (Å²) in [5, 5.41) is 0. The first-order chi connectivity index (χ1) is 19.0. The van der Waals surface area contributed by atoms with E-state index in [2.05, 4.69) is 69.6 Å². The van der Waals surface area contributed by atoms with Gasteiger partial charge in [-0.2, -0.15) is 0 Å². The zero-order valence-electron chi connectivity index (χ0n) is 25.3. The maximum absolute atomic E-state index is 12.2. The van der Waals surface area contributed by atoms with E-state index in [9.17, 15) is 4.79 Å². The molecule has 0 radical (unpaired) electrons. The average molecular weight is 539 g/mol. The highest BCUT2D eigenvalue weighted by molar-refractivity contribution is 5.69. The van der Waals surface area contributed by atoms with Crippen LogP contribution < -0.4 is 4.74 Å². The van der Waals surface area contributed by atoms with Crippen LogP contribution in [0.1, 0.15) is 108 Å². The van der Waals surface area contributed by atoms with Crippen LogP contribution in [-0.2, 0) is 22.5 Å². The predicted octanol–water partition coefficient (Wildman–Crippen LogP) is 8.91. The molecule has 4 heteroatoms. The third-order valence-corrected chi connectivity index (χ3v) is 7.44. The lowest BCUT2D eigenvalue weighted by Crippen LogP contribution is -2.40. The van der Waals surface area contributed by atoms with Gasteiger partial charge in [-0.25, -0.2) is 0 Å². The van der Waals surface area contributed by atoms with Crippen molar-refractivity contribution >= 4 is 5.97 Å². The fourth-order valence-corrected chi connectivity index (χ4v) is 4.95. The molecule has 0 aromatic heterocycles. The lowest BCUT2D eigenvalue weighted by atomic mass is 10.0. The number of hydrogen-bond acceptors (Lipinski definition) is 3. The Hall–Kier alpha value is -2.33. The van der Waals surface area contributed by atoms with Crippen LogP contribution in [0.5, 0.6) is 5.75 Å². The fourth-order valence-electron chi connectivity index (χ4n) is 4.95. The third-order valence-electron chi connectivity index (χ3n) is 7.44. The summed E-state index contributed by atoms with van der Waals surface area (Å²) in [4.78, 5) is 12.2. The van der Waals surface area contributed by atoms with Crippen LogP contribution in [0.25, 0.3) is 0 Å². The largest absolute Gasteiger partial charge is 0.494 e. The molecule has 2 aromatic rings. The number of benzene rings is 2. The molecule has 0 atom stereocenters.